The van der Waals surface area contributed by atoms with E-state index in [2.05, 4.69) is 5.32 Å². The van der Waals surface area contributed by atoms with Crippen molar-refractivity contribution in [3.63, 3.8) is 0 Å². The maximum absolute atomic E-state index is 12.8. The molecular formula is C18H20FNO2. The predicted molar refractivity (Wildman–Crippen MR) is 84.4 cm³/mol. The molecule has 1 amide bonds. The zero-order chi connectivity index (χ0) is 15.8. The molecule has 0 fully saturated rings. The molecule has 0 aliphatic rings. The maximum Gasteiger partial charge on any atom is 0.257 e. The highest BCUT2D eigenvalue weighted by atomic mass is 19.1. The van der Waals surface area contributed by atoms with Crippen LogP contribution in [0.5, 0.6) is 5.75 Å². The first-order valence-electron chi connectivity index (χ1n) is 7.35. The van der Waals surface area contributed by atoms with Crippen molar-refractivity contribution in [3.05, 3.63) is 65.5 Å². The van der Waals surface area contributed by atoms with Crippen LogP contribution in [0.15, 0.2) is 48.5 Å². The average molecular weight is 301 g/mol. The molecule has 2 aromatic rings. The smallest absolute Gasteiger partial charge is 0.257 e. The number of carbonyl (C=O) groups excluding carboxylic acids is 1. The van der Waals surface area contributed by atoms with Crippen molar-refractivity contribution in [3.8, 4) is 5.75 Å². The van der Waals surface area contributed by atoms with Crippen LogP contribution in [0, 0.1) is 12.7 Å². The average Bonchev–Trinajstić information content (AvgIpc) is 2.52. The summed E-state index contributed by atoms with van der Waals surface area (Å²) in [6, 6.07) is 14.0. The summed E-state index contributed by atoms with van der Waals surface area (Å²) in [6.07, 6.45) is 1.61. The van der Waals surface area contributed by atoms with Crippen LogP contribution in [0.3, 0.4) is 0 Å². The Kier molecular flexibility index (Phi) is 5.95. The number of aryl methyl sites for hydroxylation is 2. The van der Waals surface area contributed by atoms with Crippen molar-refractivity contribution in [1.29, 1.82) is 0 Å². The van der Waals surface area contributed by atoms with Gasteiger partial charge in [-0.25, -0.2) is 4.39 Å². The van der Waals surface area contributed by atoms with E-state index in [1.165, 1.54) is 12.1 Å². The molecule has 0 atom stereocenters. The highest BCUT2D eigenvalue weighted by molar-refractivity contribution is 5.77. The summed E-state index contributed by atoms with van der Waals surface area (Å²) in [7, 11) is 0. The Labute approximate surface area is 130 Å². The van der Waals surface area contributed by atoms with E-state index in [-0.39, 0.29) is 18.3 Å². The second-order valence-corrected chi connectivity index (χ2v) is 5.13. The van der Waals surface area contributed by atoms with E-state index < -0.39 is 0 Å². The molecule has 0 unspecified atom stereocenters. The van der Waals surface area contributed by atoms with Crippen molar-refractivity contribution in [2.45, 2.75) is 19.8 Å². The minimum absolute atomic E-state index is 0.0153. The second kappa shape index (κ2) is 8.17. The van der Waals surface area contributed by atoms with Gasteiger partial charge in [0.2, 0.25) is 0 Å². The molecule has 0 aliphatic carbocycles. The second-order valence-electron chi connectivity index (χ2n) is 5.13. The normalized spacial score (nSPS) is 10.3. The van der Waals surface area contributed by atoms with Gasteiger partial charge in [0, 0.05) is 6.54 Å². The molecule has 0 aliphatic heterocycles. The Balaban J connectivity index is 1.64. The number of amides is 1. The van der Waals surface area contributed by atoms with E-state index in [9.17, 15) is 9.18 Å². The van der Waals surface area contributed by atoms with Crippen LogP contribution in [-0.2, 0) is 11.2 Å². The van der Waals surface area contributed by atoms with Crippen molar-refractivity contribution in [2.24, 2.45) is 0 Å². The fourth-order valence-corrected chi connectivity index (χ4v) is 2.08. The van der Waals surface area contributed by atoms with Gasteiger partial charge in [-0.1, -0.05) is 30.3 Å². The Hall–Kier alpha value is -2.36. The highest BCUT2D eigenvalue weighted by Crippen LogP contribution is 2.15. The van der Waals surface area contributed by atoms with E-state index >= 15 is 0 Å². The van der Waals surface area contributed by atoms with Gasteiger partial charge in [-0.05, 0) is 49.1 Å². The van der Waals surface area contributed by atoms with Gasteiger partial charge in [0.15, 0.2) is 6.61 Å². The van der Waals surface area contributed by atoms with Gasteiger partial charge in [-0.3, -0.25) is 4.79 Å². The summed E-state index contributed by atoms with van der Waals surface area (Å²) >= 11 is 0. The third kappa shape index (κ3) is 5.20. The number of carbonyl (C=O) groups is 1. The molecule has 1 N–H and O–H groups in total. The molecule has 22 heavy (non-hydrogen) atoms. The van der Waals surface area contributed by atoms with Crippen molar-refractivity contribution in [2.75, 3.05) is 13.2 Å². The lowest BCUT2D eigenvalue weighted by molar-refractivity contribution is -0.123. The van der Waals surface area contributed by atoms with Gasteiger partial charge in [-0.15, -0.1) is 0 Å². The van der Waals surface area contributed by atoms with E-state index in [1.54, 1.807) is 12.1 Å². The molecule has 116 valence electrons. The minimum atomic E-state index is -0.231. The lowest BCUT2D eigenvalue weighted by atomic mass is 10.1. The third-order valence-electron chi connectivity index (χ3n) is 3.33. The van der Waals surface area contributed by atoms with Crippen LogP contribution in [0.1, 0.15) is 17.5 Å². The summed E-state index contributed by atoms with van der Waals surface area (Å²) in [4.78, 5) is 11.7. The van der Waals surface area contributed by atoms with Crippen LogP contribution < -0.4 is 10.1 Å². The fraction of sp³-hybridized carbons (Fsp3) is 0.278. The van der Waals surface area contributed by atoms with Crippen molar-refractivity contribution < 1.29 is 13.9 Å². The number of rotatable bonds is 7. The molecule has 0 aromatic heterocycles. The summed E-state index contributed by atoms with van der Waals surface area (Å²) < 4.78 is 18.2. The van der Waals surface area contributed by atoms with Gasteiger partial charge in [0.1, 0.15) is 11.6 Å². The van der Waals surface area contributed by atoms with Gasteiger partial charge >= 0.3 is 0 Å². The molecular weight excluding hydrogens is 281 g/mol. The van der Waals surface area contributed by atoms with Gasteiger partial charge in [0.05, 0.1) is 0 Å². The Morgan fingerprint density at radius 3 is 2.59 bits per heavy atom. The summed E-state index contributed by atoms with van der Waals surface area (Å²) in [5.74, 6) is 0.358. The lowest BCUT2D eigenvalue weighted by Crippen LogP contribution is -2.30. The minimum Gasteiger partial charge on any atom is -0.484 e. The Bertz CT molecular complexity index is 611. The number of halogens is 1. The van der Waals surface area contributed by atoms with E-state index in [4.69, 9.17) is 4.74 Å². The molecule has 3 nitrogen and oxygen atoms in total. The number of para-hydroxylation sites is 1. The van der Waals surface area contributed by atoms with Gasteiger partial charge in [-0.2, -0.15) is 0 Å². The molecule has 2 aromatic carbocycles. The number of ether oxygens (including phenoxy) is 1. The number of hydrogen-bond acceptors (Lipinski definition) is 2. The number of nitrogens with one attached hydrogen (secondary N) is 1. The van der Waals surface area contributed by atoms with Crippen LogP contribution in [0.2, 0.25) is 0 Å². The van der Waals surface area contributed by atoms with E-state index in [1.807, 2.05) is 31.2 Å². The predicted octanol–water partition coefficient (Wildman–Crippen LogP) is 3.26. The summed E-state index contributed by atoms with van der Waals surface area (Å²) in [5, 5.41) is 2.82. The first kappa shape index (κ1) is 16.0. The molecule has 4 heteroatoms. The largest absolute Gasteiger partial charge is 0.484 e. The quantitative estimate of drug-likeness (QED) is 0.797. The van der Waals surface area contributed by atoms with Gasteiger partial charge in [0.25, 0.3) is 5.91 Å². The number of benzene rings is 2. The lowest BCUT2D eigenvalue weighted by Gasteiger charge is -2.09. The summed E-state index contributed by atoms with van der Waals surface area (Å²) in [6.45, 7) is 2.53. The monoisotopic (exact) mass is 301 g/mol. The SMILES string of the molecule is Cc1ccccc1OCC(=O)NCCCc1ccc(F)cc1. The van der Waals surface area contributed by atoms with Crippen LogP contribution in [-0.4, -0.2) is 19.1 Å². The highest BCUT2D eigenvalue weighted by Gasteiger charge is 2.04. The maximum atomic E-state index is 12.8. The summed E-state index contributed by atoms with van der Waals surface area (Å²) in [5.41, 5.74) is 2.07. The van der Waals surface area contributed by atoms with E-state index in [0.29, 0.717) is 6.54 Å². The van der Waals surface area contributed by atoms with Crippen molar-refractivity contribution >= 4 is 5.91 Å². The topological polar surface area (TPSA) is 38.3 Å². The zero-order valence-electron chi connectivity index (χ0n) is 12.6. The molecule has 0 saturated heterocycles. The fourth-order valence-electron chi connectivity index (χ4n) is 2.08. The molecule has 0 spiro atoms. The van der Waals surface area contributed by atoms with Crippen LogP contribution in [0.25, 0.3) is 0 Å². The molecule has 2 rings (SSSR count). The third-order valence-corrected chi connectivity index (χ3v) is 3.33. The van der Waals surface area contributed by atoms with Crippen LogP contribution in [0.4, 0.5) is 4.39 Å². The van der Waals surface area contributed by atoms with Crippen molar-refractivity contribution in [1.82, 2.24) is 5.32 Å². The molecule has 0 saturated carbocycles. The van der Waals surface area contributed by atoms with Crippen LogP contribution >= 0.6 is 0 Å². The molecule has 0 heterocycles. The first-order chi connectivity index (χ1) is 10.6. The Morgan fingerprint density at radius 1 is 1.14 bits per heavy atom. The number of hydrogen-bond donors (Lipinski definition) is 1. The standard InChI is InChI=1S/C18H20FNO2/c1-14-5-2-3-7-17(14)22-13-18(21)20-12-4-6-15-8-10-16(19)11-9-15/h2-3,5,7-11H,4,6,12-13H2,1H3,(H,20,21). The van der Waals surface area contributed by atoms with E-state index in [0.717, 1.165) is 29.7 Å². The Morgan fingerprint density at radius 2 is 1.86 bits per heavy atom. The first-order valence-corrected chi connectivity index (χ1v) is 7.35. The molecule has 0 radical (unpaired) electrons. The molecule has 0 bridgehead atoms. The van der Waals surface area contributed by atoms with Gasteiger partial charge < -0.3 is 10.1 Å². The zero-order valence-corrected chi connectivity index (χ0v) is 12.6.